The number of carbonyl (C=O) groups excluding carboxylic acids is 1. The number of likely N-dealkylation sites (tertiary alicyclic amines) is 1. The summed E-state index contributed by atoms with van der Waals surface area (Å²) in [6, 6.07) is 5.71. The van der Waals surface area contributed by atoms with Gasteiger partial charge in [0.1, 0.15) is 0 Å². The molecule has 0 atom stereocenters. The lowest BCUT2D eigenvalue weighted by Gasteiger charge is -2.35. The van der Waals surface area contributed by atoms with Crippen LogP contribution in [0.15, 0.2) is 24.3 Å². The molecule has 154 valence electrons. The summed E-state index contributed by atoms with van der Waals surface area (Å²) in [5.74, 6) is 2.16. The first-order valence-electron chi connectivity index (χ1n) is 10.3. The van der Waals surface area contributed by atoms with Crippen LogP contribution >= 0.6 is 0 Å². The number of amides is 1. The number of hydrogen-bond acceptors (Lipinski definition) is 5. The van der Waals surface area contributed by atoms with E-state index in [1.807, 2.05) is 36.1 Å². The zero-order valence-electron chi connectivity index (χ0n) is 17.1. The average molecular weight is 389 g/mol. The second-order valence-corrected chi connectivity index (χ2v) is 7.36. The molecule has 0 spiro atoms. The SMILES string of the molecule is CCOc1ccc(/C=C/C(=O)N2CCC(CN3CCOCC3)CC2)cc1OC. The van der Waals surface area contributed by atoms with Crippen molar-refractivity contribution in [2.24, 2.45) is 5.92 Å². The van der Waals surface area contributed by atoms with Crippen molar-refractivity contribution in [1.29, 1.82) is 0 Å². The number of carbonyl (C=O) groups is 1. The molecular weight excluding hydrogens is 356 g/mol. The molecule has 6 nitrogen and oxygen atoms in total. The van der Waals surface area contributed by atoms with Crippen molar-refractivity contribution in [3.05, 3.63) is 29.8 Å². The maximum Gasteiger partial charge on any atom is 0.246 e. The molecule has 2 saturated heterocycles. The van der Waals surface area contributed by atoms with Gasteiger partial charge in [0.25, 0.3) is 0 Å². The van der Waals surface area contributed by atoms with Crippen molar-refractivity contribution in [3.8, 4) is 11.5 Å². The van der Waals surface area contributed by atoms with Gasteiger partial charge in [0.2, 0.25) is 5.91 Å². The Labute approximate surface area is 168 Å². The highest BCUT2D eigenvalue weighted by Crippen LogP contribution is 2.28. The maximum atomic E-state index is 12.5. The molecule has 2 aliphatic heterocycles. The summed E-state index contributed by atoms with van der Waals surface area (Å²) < 4.78 is 16.3. The third-order valence-electron chi connectivity index (χ3n) is 5.45. The van der Waals surface area contributed by atoms with E-state index in [4.69, 9.17) is 14.2 Å². The summed E-state index contributed by atoms with van der Waals surface area (Å²) in [7, 11) is 1.62. The normalized spacial score (nSPS) is 19.1. The average Bonchev–Trinajstić information content (AvgIpc) is 2.74. The Kier molecular flexibility index (Phi) is 7.74. The van der Waals surface area contributed by atoms with Crippen LogP contribution in [0.25, 0.3) is 6.08 Å². The Morgan fingerprint density at radius 3 is 2.61 bits per heavy atom. The van der Waals surface area contributed by atoms with Crippen LogP contribution < -0.4 is 9.47 Å². The third-order valence-corrected chi connectivity index (χ3v) is 5.45. The van der Waals surface area contributed by atoms with Crippen LogP contribution in [0.1, 0.15) is 25.3 Å². The number of benzene rings is 1. The second kappa shape index (κ2) is 10.5. The lowest BCUT2D eigenvalue weighted by molar-refractivity contribution is -0.127. The van der Waals surface area contributed by atoms with E-state index in [1.165, 1.54) is 0 Å². The van der Waals surface area contributed by atoms with Gasteiger partial charge in [-0.3, -0.25) is 9.69 Å². The Balaban J connectivity index is 1.48. The van der Waals surface area contributed by atoms with E-state index < -0.39 is 0 Å². The molecule has 1 aromatic rings. The van der Waals surface area contributed by atoms with Gasteiger partial charge in [-0.1, -0.05) is 6.07 Å². The van der Waals surface area contributed by atoms with Crippen molar-refractivity contribution in [2.75, 3.05) is 59.7 Å². The molecule has 1 aromatic carbocycles. The monoisotopic (exact) mass is 388 g/mol. The van der Waals surface area contributed by atoms with Crippen molar-refractivity contribution in [3.63, 3.8) is 0 Å². The molecule has 0 aromatic heterocycles. The molecule has 2 heterocycles. The van der Waals surface area contributed by atoms with Crippen LogP contribution in [0.5, 0.6) is 11.5 Å². The summed E-state index contributed by atoms with van der Waals surface area (Å²) >= 11 is 0. The van der Waals surface area contributed by atoms with Gasteiger partial charge < -0.3 is 19.1 Å². The highest BCUT2D eigenvalue weighted by Gasteiger charge is 2.24. The summed E-state index contributed by atoms with van der Waals surface area (Å²) in [4.78, 5) is 17.0. The Morgan fingerprint density at radius 1 is 1.18 bits per heavy atom. The molecule has 0 unspecified atom stereocenters. The molecule has 6 heteroatoms. The molecule has 0 aliphatic carbocycles. The minimum absolute atomic E-state index is 0.0812. The summed E-state index contributed by atoms with van der Waals surface area (Å²) in [5.41, 5.74) is 0.927. The summed E-state index contributed by atoms with van der Waals surface area (Å²) in [5, 5.41) is 0. The quantitative estimate of drug-likeness (QED) is 0.672. The Morgan fingerprint density at radius 2 is 1.93 bits per heavy atom. The van der Waals surface area contributed by atoms with E-state index in [0.717, 1.165) is 70.1 Å². The van der Waals surface area contributed by atoms with E-state index in [1.54, 1.807) is 13.2 Å². The Hall–Kier alpha value is -2.05. The Bertz CT molecular complexity index is 663. The van der Waals surface area contributed by atoms with Crippen LogP contribution in [0.4, 0.5) is 0 Å². The number of rotatable bonds is 7. The fourth-order valence-electron chi connectivity index (χ4n) is 3.82. The molecule has 0 radical (unpaired) electrons. The third kappa shape index (κ3) is 5.72. The number of ether oxygens (including phenoxy) is 3. The van der Waals surface area contributed by atoms with Crippen molar-refractivity contribution in [2.45, 2.75) is 19.8 Å². The summed E-state index contributed by atoms with van der Waals surface area (Å²) in [6.07, 6.45) is 5.67. The van der Waals surface area contributed by atoms with E-state index in [-0.39, 0.29) is 5.91 Å². The first kappa shape index (κ1) is 20.7. The predicted molar refractivity (Wildman–Crippen MR) is 110 cm³/mol. The molecule has 3 rings (SSSR count). The molecule has 2 aliphatic rings. The predicted octanol–water partition coefficient (Wildman–Crippen LogP) is 2.68. The van der Waals surface area contributed by atoms with E-state index in [2.05, 4.69) is 4.90 Å². The van der Waals surface area contributed by atoms with Crippen LogP contribution in [0, 0.1) is 5.92 Å². The molecule has 28 heavy (non-hydrogen) atoms. The maximum absolute atomic E-state index is 12.5. The van der Waals surface area contributed by atoms with Gasteiger partial charge in [-0.15, -0.1) is 0 Å². The van der Waals surface area contributed by atoms with Gasteiger partial charge in [0.15, 0.2) is 11.5 Å². The van der Waals surface area contributed by atoms with Gasteiger partial charge >= 0.3 is 0 Å². The molecule has 1 amide bonds. The minimum atomic E-state index is 0.0812. The second-order valence-electron chi connectivity index (χ2n) is 7.36. The lowest BCUT2D eigenvalue weighted by Crippen LogP contribution is -2.43. The molecule has 0 N–H and O–H groups in total. The zero-order valence-corrected chi connectivity index (χ0v) is 17.1. The highest BCUT2D eigenvalue weighted by molar-refractivity contribution is 5.91. The van der Waals surface area contributed by atoms with Gasteiger partial charge in [-0.05, 0) is 49.5 Å². The topological polar surface area (TPSA) is 51.2 Å². The number of nitrogens with zero attached hydrogens (tertiary/aromatic N) is 2. The van der Waals surface area contributed by atoms with Crippen molar-refractivity contribution < 1.29 is 19.0 Å². The van der Waals surface area contributed by atoms with Gasteiger partial charge in [0, 0.05) is 38.8 Å². The highest BCUT2D eigenvalue weighted by atomic mass is 16.5. The fraction of sp³-hybridized carbons (Fsp3) is 0.591. The first-order chi connectivity index (χ1) is 13.7. The van der Waals surface area contributed by atoms with Crippen molar-refractivity contribution in [1.82, 2.24) is 9.80 Å². The summed E-state index contributed by atoms with van der Waals surface area (Å²) in [6.45, 7) is 9.10. The molecular formula is C22H32N2O4. The standard InChI is InChI=1S/C22H32N2O4/c1-3-28-20-6-4-18(16-21(20)26-2)5-7-22(25)24-10-8-19(9-11-24)17-23-12-14-27-15-13-23/h4-7,16,19H,3,8-15,17H2,1-2H3/b7-5+. The lowest BCUT2D eigenvalue weighted by atomic mass is 9.96. The van der Waals surface area contributed by atoms with E-state index in [0.29, 0.717) is 18.3 Å². The molecule has 0 saturated carbocycles. The molecule has 0 bridgehead atoms. The van der Waals surface area contributed by atoms with Gasteiger partial charge in [-0.2, -0.15) is 0 Å². The number of morpholine rings is 1. The van der Waals surface area contributed by atoms with Crippen molar-refractivity contribution >= 4 is 12.0 Å². The fourth-order valence-corrected chi connectivity index (χ4v) is 3.82. The van der Waals surface area contributed by atoms with Gasteiger partial charge in [-0.25, -0.2) is 0 Å². The number of hydrogen-bond donors (Lipinski definition) is 0. The smallest absolute Gasteiger partial charge is 0.246 e. The number of methoxy groups -OCH3 is 1. The van der Waals surface area contributed by atoms with Crippen LogP contribution in [0.2, 0.25) is 0 Å². The molecule has 2 fully saturated rings. The largest absolute Gasteiger partial charge is 0.493 e. The number of piperidine rings is 1. The minimum Gasteiger partial charge on any atom is -0.493 e. The van der Waals surface area contributed by atoms with E-state index in [9.17, 15) is 4.79 Å². The zero-order chi connectivity index (χ0) is 19.8. The van der Waals surface area contributed by atoms with Crippen LogP contribution in [-0.2, 0) is 9.53 Å². The van der Waals surface area contributed by atoms with Gasteiger partial charge in [0.05, 0.1) is 26.9 Å². The van der Waals surface area contributed by atoms with Crippen LogP contribution in [0.3, 0.4) is 0 Å². The van der Waals surface area contributed by atoms with Crippen LogP contribution in [-0.4, -0.2) is 75.4 Å². The van der Waals surface area contributed by atoms with E-state index >= 15 is 0 Å². The first-order valence-corrected chi connectivity index (χ1v) is 10.3.